The molecule has 1 saturated heterocycles. The van der Waals surface area contributed by atoms with Gasteiger partial charge >= 0.3 is 0 Å². The number of likely N-dealkylation sites (N-methyl/N-ethyl adjacent to an activating group) is 1. The predicted molar refractivity (Wildman–Crippen MR) is 85.9 cm³/mol. The van der Waals surface area contributed by atoms with Crippen LogP contribution in [0.3, 0.4) is 0 Å². The van der Waals surface area contributed by atoms with Gasteiger partial charge in [-0.2, -0.15) is 0 Å². The molecule has 20 heavy (non-hydrogen) atoms. The molecule has 1 aliphatic heterocycles. The summed E-state index contributed by atoms with van der Waals surface area (Å²) in [6.07, 6.45) is 2.56. The van der Waals surface area contributed by atoms with Gasteiger partial charge in [-0.1, -0.05) is 24.3 Å². The van der Waals surface area contributed by atoms with Gasteiger partial charge in [0.2, 0.25) is 0 Å². The third kappa shape index (κ3) is 3.40. The molecule has 112 valence electrons. The Labute approximate surface area is 123 Å². The summed E-state index contributed by atoms with van der Waals surface area (Å²) in [5.41, 5.74) is 9.07. The van der Waals surface area contributed by atoms with Crippen molar-refractivity contribution in [3.8, 4) is 0 Å². The van der Waals surface area contributed by atoms with Crippen LogP contribution in [0, 0.1) is 6.92 Å². The second kappa shape index (κ2) is 6.70. The molecule has 1 fully saturated rings. The smallest absolute Gasteiger partial charge is 0.0499 e. The number of nitrogens with two attached hydrogens (primary N) is 1. The van der Waals surface area contributed by atoms with Crippen LogP contribution in [0.4, 0.5) is 0 Å². The Bertz CT molecular complexity index is 428. The SMILES string of the molecule is Cc1ccccc1C(C(C)N)N1CCCC(N(C)C)C1. The minimum absolute atomic E-state index is 0.150. The van der Waals surface area contributed by atoms with Gasteiger partial charge in [-0.05, 0) is 58.5 Å². The van der Waals surface area contributed by atoms with Crippen LogP contribution >= 0.6 is 0 Å². The van der Waals surface area contributed by atoms with Crippen molar-refractivity contribution >= 4 is 0 Å². The standard InChI is InChI=1S/C17H29N3/c1-13-8-5-6-10-16(13)17(14(2)18)20-11-7-9-15(12-20)19(3)4/h5-6,8,10,14-15,17H,7,9,11-12,18H2,1-4H3. The second-order valence-electron chi connectivity index (χ2n) is 6.42. The summed E-state index contributed by atoms with van der Waals surface area (Å²) < 4.78 is 0. The molecule has 0 aliphatic carbocycles. The number of hydrogen-bond donors (Lipinski definition) is 1. The first-order chi connectivity index (χ1) is 9.50. The van der Waals surface area contributed by atoms with Crippen molar-refractivity contribution in [2.45, 2.75) is 44.8 Å². The van der Waals surface area contributed by atoms with E-state index in [2.05, 4.69) is 62.0 Å². The van der Waals surface area contributed by atoms with E-state index in [9.17, 15) is 0 Å². The Morgan fingerprint density at radius 1 is 1.30 bits per heavy atom. The monoisotopic (exact) mass is 275 g/mol. The van der Waals surface area contributed by atoms with Crippen molar-refractivity contribution in [3.05, 3.63) is 35.4 Å². The lowest BCUT2D eigenvalue weighted by Crippen LogP contribution is -2.50. The first-order valence-electron chi connectivity index (χ1n) is 7.72. The van der Waals surface area contributed by atoms with Gasteiger partial charge in [0.25, 0.3) is 0 Å². The summed E-state index contributed by atoms with van der Waals surface area (Å²) in [4.78, 5) is 4.93. The molecular weight excluding hydrogens is 246 g/mol. The lowest BCUT2D eigenvalue weighted by molar-refractivity contribution is 0.0862. The number of piperidine rings is 1. The highest BCUT2D eigenvalue weighted by molar-refractivity contribution is 5.30. The summed E-state index contributed by atoms with van der Waals surface area (Å²) in [7, 11) is 4.37. The molecule has 2 N–H and O–H groups in total. The summed E-state index contributed by atoms with van der Waals surface area (Å²) in [5, 5.41) is 0. The van der Waals surface area contributed by atoms with E-state index in [1.54, 1.807) is 0 Å². The molecule has 0 aromatic heterocycles. The van der Waals surface area contributed by atoms with Crippen molar-refractivity contribution in [2.24, 2.45) is 5.73 Å². The molecule has 1 aliphatic rings. The molecule has 3 unspecified atom stereocenters. The third-order valence-electron chi connectivity index (χ3n) is 4.56. The normalized spacial score (nSPS) is 23.8. The maximum absolute atomic E-state index is 6.33. The van der Waals surface area contributed by atoms with Crippen molar-refractivity contribution in [2.75, 3.05) is 27.2 Å². The van der Waals surface area contributed by atoms with E-state index >= 15 is 0 Å². The quantitative estimate of drug-likeness (QED) is 0.916. The number of likely N-dealkylation sites (tertiary alicyclic amines) is 1. The van der Waals surface area contributed by atoms with Crippen LogP contribution in [0.2, 0.25) is 0 Å². The van der Waals surface area contributed by atoms with E-state index in [0.29, 0.717) is 12.1 Å². The fraction of sp³-hybridized carbons (Fsp3) is 0.647. The van der Waals surface area contributed by atoms with Gasteiger partial charge in [0.15, 0.2) is 0 Å². The van der Waals surface area contributed by atoms with Crippen LogP contribution in [-0.2, 0) is 0 Å². The highest BCUT2D eigenvalue weighted by Crippen LogP contribution is 2.29. The molecule has 0 amide bonds. The predicted octanol–water partition coefficient (Wildman–Crippen LogP) is 2.41. The molecular formula is C17H29N3. The Kier molecular flexibility index (Phi) is 5.19. The van der Waals surface area contributed by atoms with Crippen LogP contribution in [-0.4, -0.2) is 49.1 Å². The molecule has 2 rings (SSSR count). The highest BCUT2D eigenvalue weighted by atomic mass is 15.2. The largest absolute Gasteiger partial charge is 0.326 e. The van der Waals surface area contributed by atoms with E-state index in [1.807, 2.05) is 0 Å². The van der Waals surface area contributed by atoms with Crippen molar-refractivity contribution in [1.29, 1.82) is 0 Å². The fourth-order valence-electron chi connectivity index (χ4n) is 3.39. The fourth-order valence-corrected chi connectivity index (χ4v) is 3.39. The molecule has 1 aromatic rings. The zero-order chi connectivity index (χ0) is 14.7. The van der Waals surface area contributed by atoms with Crippen LogP contribution in [0.5, 0.6) is 0 Å². The summed E-state index contributed by atoms with van der Waals surface area (Å²) in [5.74, 6) is 0. The summed E-state index contributed by atoms with van der Waals surface area (Å²) in [6, 6.07) is 9.80. The van der Waals surface area contributed by atoms with Crippen LogP contribution in [0.15, 0.2) is 24.3 Å². The molecule has 0 spiro atoms. The molecule has 3 heteroatoms. The molecule has 3 atom stereocenters. The zero-order valence-corrected chi connectivity index (χ0v) is 13.3. The lowest BCUT2D eigenvalue weighted by atomic mass is 9.92. The first-order valence-corrected chi connectivity index (χ1v) is 7.72. The van der Waals surface area contributed by atoms with E-state index in [0.717, 1.165) is 13.1 Å². The third-order valence-corrected chi connectivity index (χ3v) is 4.56. The van der Waals surface area contributed by atoms with Gasteiger partial charge in [-0.15, -0.1) is 0 Å². The molecule has 0 radical (unpaired) electrons. The van der Waals surface area contributed by atoms with Crippen molar-refractivity contribution < 1.29 is 0 Å². The van der Waals surface area contributed by atoms with Gasteiger partial charge in [0.1, 0.15) is 0 Å². The maximum Gasteiger partial charge on any atom is 0.0499 e. The number of nitrogens with zero attached hydrogens (tertiary/aromatic N) is 2. The zero-order valence-electron chi connectivity index (χ0n) is 13.3. The molecule has 3 nitrogen and oxygen atoms in total. The molecule has 1 heterocycles. The highest BCUT2D eigenvalue weighted by Gasteiger charge is 2.30. The van der Waals surface area contributed by atoms with Crippen molar-refractivity contribution in [1.82, 2.24) is 9.80 Å². The molecule has 0 saturated carbocycles. The molecule has 1 aromatic carbocycles. The van der Waals surface area contributed by atoms with Gasteiger partial charge in [-0.25, -0.2) is 0 Å². The molecule has 0 bridgehead atoms. The number of rotatable bonds is 4. The first kappa shape index (κ1) is 15.5. The number of benzene rings is 1. The minimum Gasteiger partial charge on any atom is -0.326 e. The van der Waals surface area contributed by atoms with E-state index < -0.39 is 0 Å². The maximum atomic E-state index is 6.33. The Balaban J connectivity index is 2.23. The average Bonchev–Trinajstić information content (AvgIpc) is 2.41. The van der Waals surface area contributed by atoms with E-state index in [-0.39, 0.29) is 6.04 Å². The van der Waals surface area contributed by atoms with Crippen LogP contribution in [0.25, 0.3) is 0 Å². The number of hydrogen-bond acceptors (Lipinski definition) is 3. The summed E-state index contributed by atoms with van der Waals surface area (Å²) in [6.45, 7) is 6.60. The Morgan fingerprint density at radius 3 is 2.60 bits per heavy atom. The van der Waals surface area contributed by atoms with E-state index in [1.165, 1.54) is 24.0 Å². The summed E-state index contributed by atoms with van der Waals surface area (Å²) >= 11 is 0. The Morgan fingerprint density at radius 2 is 2.00 bits per heavy atom. The Hall–Kier alpha value is -0.900. The average molecular weight is 275 g/mol. The van der Waals surface area contributed by atoms with E-state index in [4.69, 9.17) is 5.73 Å². The van der Waals surface area contributed by atoms with Gasteiger partial charge < -0.3 is 10.6 Å². The van der Waals surface area contributed by atoms with Crippen LogP contribution in [0.1, 0.15) is 36.9 Å². The second-order valence-corrected chi connectivity index (χ2v) is 6.42. The van der Waals surface area contributed by atoms with Gasteiger partial charge in [-0.3, -0.25) is 4.90 Å². The topological polar surface area (TPSA) is 32.5 Å². The lowest BCUT2D eigenvalue weighted by Gasteiger charge is -2.42. The van der Waals surface area contributed by atoms with Gasteiger partial charge in [0.05, 0.1) is 0 Å². The van der Waals surface area contributed by atoms with Gasteiger partial charge in [0, 0.05) is 24.7 Å². The number of aryl methyl sites for hydroxylation is 1. The van der Waals surface area contributed by atoms with Crippen molar-refractivity contribution in [3.63, 3.8) is 0 Å². The van der Waals surface area contributed by atoms with Crippen LogP contribution < -0.4 is 5.73 Å². The minimum atomic E-state index is 0.150.